The van der Waals surface area contributed by atoms with Crippen molar-refractivity contribution in [3.8, 4) is 11.8 Å². The number of nitrogens with zero attached hydrogens (tertiary/aromatic N) is 1. The van der Waals surface area contributed by atoms with Crippen molar-refractivity contribution in [2.75, 3.05) is 10.6 Å². The number of carbonyl (C=O) groups is 1. The topological polar surface area (TPSA) is 85.2 Å². The third-order valence-electron chi connectivity index (χ3n) is 3.07. The number of aromatic hydroxyl groups is 1. The summed E-state index contributed by atoms with van der Waals surface area (Å²) in [5.41, 5.74) is 1.37. The number of anilines is 2. The monoisotopic (exact) mass is 361 g/mol. The van der Waals surface area contributed by atoms with Crippen molar-refractivity contribution in [2.24, 2.45) is 0 Å². The lowest BCUT2D eigenvalue weighted by Gasteiger charge is -2.08. The molecular weight excluding hydrogens is 349 g/mol. The summed E-state index contributed by atoms with van der Waals surface area (Å²) in [7, 11) is 0. The highest BCUT2D eigenvalue weighted by atomic mass is 35.5. The quantitative estimate of drug-likeness (QED) is 0.426. The molecule has 0 aliphatic rings. The Balaban J connectivity index is 2.16. The van der Waals surface area contributed by atoms with Crippen LogP contribution in [-0.4, -0.2) is 11.0 Å². The van der Waals surface area contributed by atoms with Gasteiger partial charge in [0.15, 0.2) is 0 Å². The molecule has 7 heteroatoms. The number of benzene rings is 2. The Morgan fingerprint density at radius 3 is 2.62 bits per heavy atom. The van der Waals surface area contributed by atoms with Crippen LogP contribution in [0.3, 0.4) is 0 Å². The van der Waals surface area contributed by atoms with Gasteiger partial charge >= 0.3 is 0 Å². The summed E-state index contributed by atoms with van der Waals surface area (Å²) in [5, 5.41) is 24.9. The van der Waals surface area contributed by atoms with Gasteiger partial charge in [-0.15, -0.1) is 0 Å². The number of amides is 1. The average molecular weight is 362 g/mol. The Kier molecular flexibility index (Phi) is 5.69. The summed E-state index contributed by atoms with van der Waals surface area (Å²) in [6.45, 7) is 1.84. The van der Waals surface area contributed by atoms with Crippen LogP contribution in [0.1, 0.15) is 5.56 Å². The van der Waals surface area contributed by atoms with Gasteiger partial charge in [0.25, 0.3) is 5.91 Å². The van der Waals surface area contributed by atoms with Gasteiger partial charge in [0, 0.05) is 11.2 Å². The number of hydrogen-bond donors (Lipinski definition) is 3. The Morgan fingerprint density at radius 1 is 1.21 bits per heavy atom. The first kappa shape index (κ1) is 17.7. The minimum absolute atomic E-state index is 0.0156. The summed E-state index contributed by atoms with van der Waals surface area (Å²) in [4.78, 5) is 12.2. The number of halogens is 2. The van der Waals surface area contributed by atoms with Gasteiger partial charge in [-0.1, -0.05) is 29.3 Å². The molecule has 2 aromatic carbocycles. The first-order valence-corrected chi connectivity index (χ1v) is 7.59. The van der Waals surface area contributed by atoms with Gasteiger partial charge < -0.3 is 15.7 Å². The van der Waals surface area contributed by atoms with Crippen LogP contribution < -0.4 is 10.6 Å². The number of phenols is 1. The number of carbonyl (C=O) groups excluding carboxylic acids is 1. The lowest BCUT2D eigenvalue weighted by atomic mass is 10.2. The first-order chi connectivity index (χ1) is 11.4. The van der Waals surface area contributed by atoms with E-state index in [1.165, 1.54) is 18.3 Å². The second-order valence-corrected chi connectivity index (χ2v) is 5.76. The normalized spacial score (nSPS) is 10.8. The number of nitrogens with one attached hydrogen (secondary N) is 2. The van der Waals surface area contributed by atoms with E-state index in [0.29, 0.717) is 21.4 Å². The smallest absolute Gasteiger partial charge is 0.267 e. The van der Waals surface area contributed by atoms with E-state index in [1.807, 2.05) is 6.92 Å². The molecule has 0 saturated carbocycles. The zero-order valence-electron chi connectivity index (χ0n) is 12.6. The van der Waals surface area contributed by atoms with Crippen molar-refractivity contribution in [1.29, 1.82) is 5.26 Å². The van der Waals surface area contributed by atoms with Gasteiger partial charge in [-0.05, 0) is 42.8 Å². The van der Waals surface area contributed by atoms with Gasteiger partial charge in [0.1, 0.15) is 17.4 Å². The predicted molar refractivity (Wildman–Crippen MR) is 95.3 cm³/mol. The number of rotatable bonds is 4. The molecule has 5 nitrogen and oxygen atoms in total. The Labute approximate surface area is 149 Å². The molecule has 24 heavy (non-hydrogen) atoms. The van der Waals surface area contributed by atoms with Crippen LogP contribution in [0.4, 0.5) is 11.4 Å². The van der Waals surface area contributed by atoms with Crippen molar-refractivity contribution in [3.05, 3.63) is 63.8 Å². The van der Waals surface area contributed by atoms with Crippen molar-refractivity contribution < 1.29 is 9.90 Å². The van der Waals surface area contributed by atoms with Gasteiger partial charge in [0.05, 0.1) is 16.4 Å². The highest BCUT2D eigenvalue weighted by Crippen LogP contribution is 2.26. The van der Waals surface area contributed by atoms with E-state index < -0.39 is 5.91 Å². The highest BCUT2D eigenvalue weighted by molar-refractivity contribution is 6.35. The van der Waals surface area contributed by atoms with Crippen molar-refractivity contribution in [1.82, 2.24) is 0 Å². The third kappa shape index (κ3) is 4.42. The molecule has 0 aliphatic heterocycles. The van der Waals surface area contributed by atoms with Gasteiger partial charge in [-0.2, -0.15) is 5.26 Å². The summed E-state index contributed by atoms with van der Waals surface area (Å²) >= 11 is 11.8. The SMILES string of the molecule is Cc1ccc(N/C=C(/C#N)C(=O)Nc2cc(Cl)ccc2Cl)c(O)c1. The fraction of sp³-hybridized carbons (Fsp3) is 0.0588. The molecule has 0 unspecified atom stereocenters. The predicted octanol–water partition coefficient (Wildman–Crippen LogP) is 4.47. The lowest BCUT2D eigenvalue weighted by molar-refractivity contribution is -0.112. The Bertz CT molecular complexity index is 857. The second-order valence-electron chi connectivity index (χ2n) is 4.91. The largest absolute Gasteiger partial charge is 0.506 e. The maximum Gasteiger partial charge on any atom is 0.267 e. The van der Waals surface area contributed by atoms with Crippen molar-refractivity contribution in [3.63, 3.8) is 0 Å². The van der Waals surface area contributed by atoms with Crippen LogP contribution in [0, 0.1) is 18.3 Å². The fourth-order valence-electron chi connectivity index (χ4n) is 1.85. The molecule has 2 rings (SSSR count). The van der Waals surface area contributed by atoms with Crippen molar-refractivity contribution >= 4 is 40.5 Å². The van der Waals surface area contributed by atoms with Crippen LogP contribution in [0.25, 0.3) is 0 Å². The molecule has 0 aromatic heterocycles. The molecule has 0 aliphatic carbocycles. The molecule has 122 valence electrons. The molecule has 2 aromatic rings. The van der Waals surface area contributed by atoms with Gasteiger partial charge in [0.2, 0.25) is 0 Å². The van der Waals surface area contributed by atoms with E-state index in [-0.39, 0.29) is 11.3 Å². The molecule has 0 saturated heterocycles. The Morgan fingerprint density at radius 2 is 1.96 bits per heavy atom. The summed E-state index contributed by atoms with van der Waals surface area (Å²) < 4.78 is 0. The number of phenolic OH excluding ortho intramolecular Hbond substituents is 1. The second kappa shape index (κ2) is 7.73. The molecule has 0 heterocycles. The van der Waals surface area contributed by atoms with E-state index in [1.54, 1.807) is 30.3 Å². The van der Waals surface area contributed by atoms with Gasteiger partial charge in [-0.25, -0.2) is 0 Å². The molecular formula is C17H13Cl2N3O2. The lowest BCUT2D eigenvalue weighted by Crippen LogP contribution is -2.14. The van der Waals surface area contributed by atoms with Crippen LogP contribution in [-0.2, 0) is 4.79 Å². The van der Waals surface area contributed by atoms with Crippen LogP contribution >= 0.6 is 23.2 Å². The van der Waals surface area contributed by atoms with E-state index >= 15 is 0 Å². The van der Waals surface area contributed by atoms with E-state index in [0.717, 1.165) is 5.56 Å². The van der Waals surface area contributed by atoms with Crippen molar-refractivity contribution in [2.45, 2.75) is 6.92 Å². The molecule has 0 radical (unpaired) electrons. The van der Waals surface area contributed by atoms with Crippen LogP contribution in [0.5, 0.6) is 5.75 Å². The summed E-state index contributed by atoms with van der Waals surface area (Å²) in [5.74, 6) is -0.636. The van der Waals surface area contributed by atoms with E-state index in [9.17, 15) is 9.90 Å². The summed E-state index contributed by atoms with van der Waals surface area (Å²) in [6, 6.07) is 11.4. The third-order valence-corrected chi connectivity index (χ3v) is 3.63. The van der Waals surface area contributed by atoms with E-state index in [2.05, 4.69) is 10.6 Å². The Hall–Kier alpha value is -2.68. The minimum atomic E-state index is -0.652. The molecule has 0 spiro atoms. The maximum absolute atomic E-state index is 12.2. The first-order valence-electron chi connectivity index (χ1n) is 6.83. The molecule has 3 N–H and O–H groups in total. The van der Waals surface area contributed by atoms with Crippen LogP contribution in [0.2, 0.25) is 10.0 Å². The summed E-state index contributed by atoms with van der Waals surface area (Å²) in [6.07, 6.45) is 1.21. The molecule has 0 fully saturated rings. The average Bonchev–Trinajstić information content (AvgIpc) is 2.53. The molecule has 1 amide bonds. The zero-order valence-corrected chi connectivity index (χ0v) is 14.1. The molecule has 0 bridgehead atoms. The van der Waals surface area contributed by atoms with Crippen LogP contribution in [0.15, 0.2) is 48.2 Å². The zero-order chi connectivity index (χ0) is 17.7. The minimum Gasteiger partial charge on any atom is -0.506 e. The number of aryl methyl sites for hydroxylation is 1. The number of hydrogen-bond acceptors (Lipinski definition) is 4. The molecule has 0 atom stereocenters. The van der Waals surface area contributed by atoms with Gasteiger partial charge in [-0.3, -0.25) is 4.79 Å². The van der Waals surface area contributed by atoms with E-state index in [4.69, 9.17) is 28.5 Å². The highest BCUT2D eigenvalue weighted by Gasteiger charge is 2.12. The maximum atomic E-state index is 12.2. The number of nitriles is 1. The fourth-order valence-corrected chi connectivity index (χ4v) is 2.18. The standard InChI is InChI=1S/C17H13Cl2N3O2/c1-10-2-5-14(16(23)6-10)21-9-11(8-20)17(24)22-15-7-12(18)3-4-13(15)19/h2-7,9,21,23H,1H3,(H,22,24)/b11-9-.